The van der Waals surface area contributed by atoms with E-state index in [-0.39, 0.29) is 0 Å². The highest BCUT2D eigenvalue weighted by Crippen LogP contribution is 2.17. The van der Waals surface area contributed by atoms with Crippen LogP contribution in [0.3, 0.4) is 0 Å². The Kier molecular flexibility index (Phi) is 9.02. The van der Waals surface area contributed by atoms with E-state index < -0.39 is 17.2 Å². The summed E-state index contributed by atoms with van der Waals surface area (Å²) in [6, 6.07) is 0.296. The van der Waals surface area contributed by atoms with Gasteiger partial charge >= 0.3 is 6.09 Å². The molecule has 0 atom stereocenters. The summed E-state index contributed by atoms with van der Waals surface area (Å²) in [6.45, 7) is 17.2. The number of rotatable bonds is 7. The lowest BCUT2D eigenvalue weighted by Crippen LogP contribution is -2.52. The Labute approximate surface area is 141 Å². The van der Waals surface area contributed by atoms with Crippen molar-refractivity contribution in [3.8, 4) is 0 Å². The molecular weight excluding hydrogens is 292 g/mol. The molecule has 3 N–H and O–H groups in total. The number of hydrogen-bond donors (Lipinski definition) is 3. The summed E-state index contributed by atoms with van der Waals surface area (Å²) >= 11 is 0. The Morgan fingerprint density at radius 3 is 2.09 bits per heavy atom. The van der Waals surface area contributed by atoms with Crippen molar-refractivity contribution in [2.24, 2.45) is 4.99 Å². The zero-order chi connectivity index (χ0) is 18.1. The largest absolute Gasteiger partial charge is 0.444 e. The molecule has 0 aromatic rings. The van der Waals surface area contributed by atoms with Gasteiger partial charge in [-0.15, -0.1) is 0 Å². The van der Waals surface area contributed by atoms with Gasteiger partial charge in [0.1, 0.15) is 5.60 Å². The Morgan fingerprint density at radius 2 is 1.70 bits per heavy atom. The van der Waals surface area contributed by atoms with Gasteiger partial charge in [0.15, 0.2) is 5.96 Å². The summed E-state index contributed by atoms with van der Waals surface area (Å²) in [5, 5.41) is 9.52. The van der Waals surface area contributed by atoms with Crippen LogP contribution in [-0.4, -0.2) is 42.3 Å². The number of guanidine groups is 1. The molecule has 0 bridgehead atoms. The fraction of sp³-hybridized carbons (Fsp3) is 0.882. The number of carbonyl (C=O) groups is 1. The Balaban J connectivity index is 5.02. The van der Waals surface area contributed by atoms with Crippen LogP contribution in [0.4, 0.5) is 4.79 Å². The lowest BCUT2D eigenvalue weighted by molar-refractivity contribution is 0.0452. The molecule has 0 saturated heterocycles. The number of aliphatic imine (C=N–C) groups is 1. The van der Waals surface area contributed by atoms with E-state index in [9.17, 15) is 4.79 Å². The summed E-state index contributed by atoms with van der Waals surface area (Å²) in [6.07, 6.45) is 1.18. The highest BCUT2D eigenvalue weighted by Gasteiger charge is 2.30. The van der Waals surface area contributed by atoms with Crippen molar-refractivity contribution in [2.45, 2.75) is 85.4 Å². The molecule has 0 aliphatic heterocycles. The molecule has 6 nitrogen and oxygen atoms in total. The zero-order valence-electron chi connectivity index (χ0n) is 16.2. The third-order valence-corrected chi connectivity index (χ3v) is 3.43. The molecule has 0 fully saturated rings. The van der Waals surface area contributed by atoms with Crippen LogP contribution < -0.4 is 16.0 Å². The number of nitrogens with zero attached hydrogens (tertiary/aromatic N) is 1. The Morgan fingerprint density at radius 1 is 1.13 bits per heavy atom. The highest BCUT2D eigenvalue weighted by atomic mass is 16.6. The number of hydrogen-bond acceptors (Lipinski definition) is 3. The van der Waals surface area contributed by atoms with Crippen molar-refractivity contribution in [2.75, 3.05) is 13.1 Å². The van der Waals surface area contributed by atoms with E-state index in [2.05, 4.69) is 48.6 Å². The average molecular weight is 329 g/mol. The molecule has 0 aromatic carbocycles. The second-order valence-electron chi connectivity index (χ2n) is 7.11. The van der Waals surface area contributed by atoms with E-state index in [1.165, 1.54) is 0 Å². The summed E-state index contributed by atoms with van der Waals surface area (Å²) in [5.41, 5.74) is -0.906. The highest BCUT2D eigenvalue weighted by molar-refractivity contribution is 5.80. The fourth-order valence-electron chi connectivity index (χ4n) is 2.03. The van der Waals surface area contributed by atoms with Gasteiger partial charge in [-0.25, -0.2) is 4.79 Å². The van der Waals surface area contributed by atoms with Gasteiger partial charge < -0.3 is 20.7 Å². The van der Waals surface area contributed by atoms with E-state index in [1.54, 1.807) is 0 Å². The minimum atomic E-state index is -0.505. The van der Waals surface area contributed by atoms with E-state index in [4.69, 9.17) is 4.74 Å². The van der Waals surface area contributed by atoms with Crippen LogP contribution in [0.25, 0.3) is 0 Å². The molecule has 0 rings (SSSR count). The molecular formula is C17H36N4O2. The molecule has 0 aliphatic carbocycles. The molecule has 0 radical (unpaired) electrons. The van der Waals surface area contributed by atoms with E-state index in [1.807, 2.05) is 27.7 Å². The quantitative estimate of drug-likeness (QED) is 0.496. The van der Waals surface area contributed by atoms with Crippen molar-refractivity contribution in [1.82, 2.24) is 16.0 Å². The number of alkyl carbamates (subject to hydrolysis) is 1. The summed E-state index contributed by atoms with van der Waals surface area (Å²) < 4.78 is 5.39. The van der Waals surface area contributed by atoms with Gasteiger partial charge in [-0.1, -0.05) is 13.8 Å². The van der Waals surface area contributed by atoms with Crippen LogP contribution in [0.5, 0.6) is 0 Å². The Hall–Kier alpha value is -1.46. The third-order valence-electron chi connectivity index (χ3n) is 3.43. The van der Waals surface area contributed by atoms with Crippen LogP contribution in [-0.2, 0) is 4.74 Å². The molecule has 0 aromatic heterocycles. The SMILES string of the molecule is CCNC(=NCC(CC)(CC)NC(=O)OC(C)(C)C)NC(C)C. The molecule has 0 spiro atoms. The zero-order valence-corrected chi connectivity index (χ0v) is 16.2. The molecule has 136 valence electrons. The average Bonchev–Trinajstić information content (AvgIpc) is 2.41. The van der Waals surface area contributed by atoms with Gasteiger partial charge in [-0.3, -0.25) is 4.99 Å². The standard InChI is InChI=1S/C17H36N4O2/c1-9-17(10-2,21-15(22)23-16(6,7)8)12-19-14(18-11-3)20-13(4)5/h13H,9-12H2,1-8H3,(H,21,22)(H2,18,19,20). The maximum absolute atomic E-state index is 12.1. The lowest BCUT2D eigenvalue weighted by atomic mass is 9.93. The maximum Gasteiger partial charge on any atom is 0.408 e. The smallest absolute Gasteiger partial charge is 0.408 e. The van der Waals surface area contributed by atoms with Crippen LogP contribution in [0.1, 0.15) is 68.2 Å². The first-order valence-corrected chi connectivity index (χ1v) is 8.63. The monoisotopic (exact) mass is 328 g/mol. The molecule has 0 aliphatic rings. The molecule has 0 heterocycles. The van der Waals surface area contributed by atoms with Crippen molar-refractivity contribution in [3.63, 3.8) is 0 Å². The predicted molar refractivity (Wildman–Crippen MR) is 96.9 cm³/mol. The van der Waals surface area contributed by atoms with Crippen LogP contribution >= 0.6 is 0 Å². The van der Waals surface area contributed by atoms with Crippen molar-refractivity contribution < 1.29 is 9.53 Å². The van der Waals surface area contributed by atoms with E-state index >= 15 is 0 Å². The van der Waals surface area contributed by atoms with Crippen LogP contribution in [0, 0.1) is 0 Å². The third kappa shape index (κ3) is 9.31. The summed E-state index contributed by atoms with van der Waals surface area (Å²) in [4.78, 5) is 16.8. The predicted octanol–water partition coefficient (Wildman–Crippen LogP) is 3.03. The molecule has 0 unspecified atom stereocenters. The Bertz CT molecular complexity index is 383. The lowest BCUT2D eigenvalue weighted by Gasteiger charge is -2.33. The number of amides is 1. The summed E-state index contributed by atoms with van der Waals surface area (Å²) in [5.74, 6) is 0.764. The first kappa shape index (κ1) is 21.5. The maximum atomic E-state index is 12.1. The van der Waals surface area contributed by atoms with Crippen molar-refractivity contribution >= 4 is 12.1 Å². The van der Waals surface area contributed by atoms with Crippen LogP contribution in [0.15, 0.2) is 4.99 Å². The summed E-state index contributed by atoms with van der Waals surface area (Å²) in [7, 11) is 0. The molecule has 0 saturated carbocycles. The van der Waals surface area contributed by atoms with Gasteiger partial charge in [0, 0.05) is 12.6 Å². The van der Waals surface area contributed by atoms with Gasteiger partial charge in [-0.2, -0.15) is 0 Å². The minimum absolute atomic E-state index is 0.296. The van der Waals surface area contributed by atoms with Gasteiger partial charge in [0.05, 0.1) is 12.1 Å². The van der Waals surface area contributed by atoms with Gasteiger partial charge in [0.25, 0.3) is 0 Å². The van der Waals surface area contributed by atoms with Crippen molar-refractivity contribution in [3.05, 3.63) is 0 Å². The number of ether oxygens (including phenoxy) is 1. The van der Waals surface area contributed by atoms with Gasteiger partial charge in [0.2, 0.25) is 0 Å². The van der Waals surface area contributed by atoms with Gasteiger partial charge in [-0.05, 0) is 54.4 Å². The topological polar surface area (TPSA) is 74.8 Å². The van der Waals surface area contributed by atoms with Crippen molar-refractivity contribution in [1.29, 1.82) is 0 Å². The molecule has 23 heavy (non-hydrogen) atoms. The first-order chi connectivity index (χ1) is 10.6. The molecule has 6 heteroatoms. The second-order valence-corrected chi connectivity index (χ2v) is 7.11. The number of carbonyl (C=O) groups excluding carboxylic acids is 1. The minimum Gasteiger partial charge on any atom is -0.444 e. The van der Waals surface area contributed by atoms with Crippen LogP contribution in [0.2, 0.25) is 0 Å². The number of nitrogens with one attached hydrogen (secondary N) is 3. The fourth-order valence-corrected chi connectivity index (χ4v) is 2.03. The van der Waals surface area contributed by atoms with E-state index in [0.717, 1.165) is 25.3 Å². The second kappa shape index (κ2) is 9.63. The first-order valence-electron chi connectivity index (χ1n) is 8.63. The van der Waals surface area contributed by atoms with E-state index in [0.29, 0.717) is 12.6 Å². The normalized spacial score (nSPS) is 13.0. The molecule has 1 amide bonds.